The second kappa shape index (κ2) is 6.26. The van der Waals surface area contributed by atoms with E-state index >= 15 is 0 Å². The Morgan fingerprint density at radius 3 is 2.22 bits per heavy atom. The minimum atomic E-state index is 0. The molecule has 0 spiro atoms. The summed E-state index contributed by atoms with van der Waals surface area (Å²) in [5.74, 6) is 0. The van der Waals surface area contributed by atoms with Gasteiger partial charge in [0.2, 0.25) is 0 Å². The number of rotatable bonds is 2. The molecule has 0 aliphatic rings. The fourth-order valence-electron chi connectivity index (χ4n) is 0.349. The van der Waals surface area contributed by atoms with E-state index in [1.165, 1.54) is 0 Å². The van der Waals surface area contributed by atoms with Gasteiger partial charge in [-0.2, -0.15) is 0 Å². The topological polar surface area (TPSA) is 15.3 Å². The first-order valence-corrected chi connectivity index (χ1v) is 3.07. The minimum Gasteiger partial charge on any atom is -0.305 e. The maximum absolute atomic E-state index is 4.85. The van der Waals surface area contributed by atoms with Gasteiger partial charge in [-0.05, 0) is 6.92 Å². The van der Waals surface area contributed by atoms with Gasteiger partial charge in [-0.3, -0.25) is 0 Å². The third-order valence-corrected chi connectivity index (χ3v) is 1.14. The van der Waals surface area contributed by atoms with Crippen molar-refractivity contribution in [1.82, 2.24) is 10.4 Å². The zero-order valence-electron chi connectivity index (χ0n) is 5.97. The molecule has 0 radical (unpaired) electrons. The summed E-state index contributed by atoms with van der Waals surface area (Å²) in [6, 6.07) is 0. The number of hydrazine groups is 1. The highest BCUT2D eigenvalue weighted by atomic mass is 35.5. The van der Waals surface area contributed by atoms with Gasteiger partial charge in [-0.1, -0.05) is 19.1 Å². The predicted octanol–water partition coefficient (Wildman–Crippen LogP) is 1.21. The highest BCUT2D eigenvalue weighted by Crippen LogP contribution is 1.78. The molecule has 0 atom stereocenters. The van der Waals surface area contributed by atoms with Crippen LogP contribution in [-0.2, 0) is 0 Å². The molecule has 0 heterocycles. The smallest absolute Gasteiger partial charge is 0.0887 e. The van der Waals surface area contributed by atoms with Crippen LogP contribution < -0.4 is 5.43 Å². The molecule has 0 aromatic rings. The molecule has 4 heteroatoms. The van der Waals surface area contributed by atoms with Crippen LogP contribution in [0.2, 0.25) is 0 Å². The van der Waals surface area contributed by atoms with E-state index in [0.717, 1.165) is 11.5 Å². The quantitative estimate of drug-likeness (QED) is 0.493. The van der Waals surface area contributed by atoms with Crippen LogP contribution in [0.4, 0.5) is 0 Å². The fraction of sp³-hybridized carbons (Fsp3) is 0.800. The molecule has 0 aliphatic carbocycles. The standard InChI is InChI=1S/C5H12N2S.ClH/c1-4-6-7(3)5(2)8;/h6H,4H2,1-3H3;1H. The van der Waals surface area contributed by atoms with E-state index in [9.17, 15) is 0 Å². The highest BCUT2D eigenvalue weighted by molar-refractivity contribution is 7.80. The normalized spacial score (nSPS) is 7.89. The van der Waals surface area contributed by atoms with Crippen LogP contribution in [0.5, 0.6) is 0 Å². The molecule has 0 fully saturated rings. The molecule has 0 saturated heterocycles. The molecule has 0 aliphatic heterocycles. The van der Waals surface area contributed by atoms with E-state index in [0.29, 0.717) is 0 Å². The Kier molecular flexibility index (Phi) is 8.27. The van der Waals surface area contributed by atoms with Gasteiger partial charge in [-0.25, -0.2) is 5.43 Å². The van der Waals surface area contributed by atoms with Crippen LogP contribution in [0.15, 0.2) is 0 Å². The van der Waals surface area contributed by atoms with Gasteiger partial charge in [0.15, 0.2) is 0 Å². The van der Waals surface area contributed by atoms with Crippen LogP contribution in [0, 0.1) is 0 Å². The van der Waals surface area contributed by atoms with Gasteiger partial charge in [0, 0.05) is 13.6 Å². The lowest BCUT2D eigenvalue weighted by molar-refractivity contribution is 0.383. The summed E-state index contributed by atoms with van der Waals surface area (Å²) in [4.78, 5) is 0.867. The van der Waals surface area contributed by atoms with Crippen molar-refractivity contribution in [2.45, 2.75) is 13.8 Å². The SMILES string of the molecule is CCNN(C)C(C)=S.Cl. The second-order valence-corrected chi connectivity index (χ2v) is 2.18. The summed E-state index contributed by atoms with van der Waals surface area (Å²) < 4.78 is 0. The van der Waals surface area contributed by atoms with Gasteiger partial charge >= 0.3 is 0 Å². The van der Waals surface area contributed by atoms with Crippen molar-refractivity contribution in [3.05, 3.63) is 0 Å². The molecule has 0 aromatic heterocycles. The van der Waals surface area contributed by atoms with Gasteiger partial charge < -0.3 is 5.01 Å². The van der Waals surface area contributed by atoms with Crippen molar-refractivity contribution < 1.29 is 0 Å². The van der Waals surface area contributed by atoms with Crippen LogP contribution >= 0.6 is 24.6 Å². The lowest BCUT2D eigenvalue weighted by Crippen LogP contribution is -2.36. The van der Waals surface area contributed by atoms with Crippen molar-refractivity contribution in [2.24, 2.45) is 0 Å². The number of nitrogens with zero attached hydrogens (tertiary/aromatic N) is 1. The van der Waals surface area contributed by atoms with E-state index < -0.39 is 0 Å². The summed E-state index contributed by atoms with van der Waals surface area (Å²) in [5, 5.41) is 1.83. The number of nitrogens with one attached hydrogen (secondary N) is 1. The van der Waals surface area contributed by atoms with Crippen molar-refractivity contribution in [1.29, 1.82) is 0 Å². The molecule has 2 nitrogen and oxygen atoms in total. The molecule has 0 aromatic carbocycles. The number of hydrogen-bond acceptors (Lipinski definition) is 2. The molecular formula is C5H13ClN2S. The van der Waals surface area contributed by atoms with Crippen LogP contribution in [-0.4, -0.2) is 23.6 Å². The molecule has 0 unspecified atom stereocenters. The largest absolute Gasteiger partial charge is 0.305 e. The van der Waals surface area contributed by atoms with E-state index in [1.807, 2.05) is 25.9 Å². The number of hydrogen-bond donors (Lipinski definition) is 1. The monoisotopic (exact) mass is 168 g/mol. The maximum Gasteiger partial charge on any atom is 0.0887 e. The Balaban J connectivity index is 0. The van der Waals surface area contributed by atoms with E-state index in [2.05, 4.69) is 5.43 Å². The Hall–Kier alpha value is 0.140. The fourth-order valence-corrected chi connectivity index (χ4v) is 0.413. The van der Waals surface area contributed by atoms with Gasteiger partial charge in [0.1, 0.15) is 0 Å². The van der Waals surface area contributed by atoms with Crippen molar-refractivity contribution >= 4 is 29.6 Å². The third-order valence-electron chi connectivity index (χ3n) is 0.868. The lowest BCUT2D eigenvalue weighted by Gasteiger charge is -2.16. The molecule has 0 bridgehead atoms. The lowest BCUT2D eigenvalue weighted by atomic mass is 10.7. The zero-order chi connectivity index (χ0) is 6.57. The van der Waals surface area contributed by atoms with E-state index in [-0.39, 0.29) is 12.4 Å². The molecule has 56 valence electrons. The van der Waals surface area contributed by atoms with Gasteiger partial charge in [-0.15, -0.1) is 12.4 Å². The molecular weight excluding hydrogens is 156 g/mol. The number of thiocarbonyl (C=S) groups is 1. The summed E-state index contributed by atoms with van der Waals surface area (Å²) in [6.07, 6.45) is 0. The Morgan fingerprint density at radius 2 is 2.11 bits per heavy atom. The van der Waals surface area contributed by atoms with E-state index in [4.69, 9.17) is 12.2 Å². The minimum absolute atomic E-state index is 0. The molecule has 9 heavy (non-hydrogen) atoms. The van der Waals surface area contributed by atoms with E-state index in [1.54, 1.807) is 0 Å². The molecule has 1 N–H and O–H groups in total. The molecule has 0 saturated carbocycles. The first kappa shape index (κ1) is 11.9. The van der Waals surface area contributed by atoms with Crippen molar-refractivity contribution in [3.8, 4) is 0 Å². The summed E-state index contributed by atoms with van der Waals surface area (Å²) >= 11 is 4.85. The Bertz CT molecular complexity index is 87.0. The predicted molar refractivity (Wildman–Crippen MR) is 47.0 cm³/mol. The second-order valence-electron chi connectivity index (χ2n) is 1.59. The summed E-state index contributed by atoms with van der Waals surface area (Å²) in [6.45, 7) is 4.84. The van der Waals surface area contributed by atoms with Crippen molar-refractivity contribution in [2.75, 3.05) is 13.6 Å². The van der Waals surface area contributed by atoms with Gasteiger partial charge in [0.05, 0.1) is 4.99 Å². The van der Waals surface area contributed by atoms with Crippen LogP contribution in [0.25, 0.3) is 0 Å². The third kappa shape index (κ3) is 6.02. The average Bonchev–Trinajstić information content (AvgIpc) is 1.67. The van der Waals surface area contributed by atoms with Crippen LogP contribution in [0.1, 0.15) is 13.8 Å². The molecule has 0 amide bonds. The Labute approximate surface area is 68.0 Å². The van der Waals surface area contributed by atoms with Crippen LogP contribution in [0.3, 0.4) is 0 Å². The maximum atomic E-state index is 4.85. The summed E-state index contributed by atoms with van der Waals surface area (Å²) in [5.41, 5.74) is 3.04. The average molecular weight is 169 g/mol. The first-order chi connectivity index (χ1) is 3.68. The summed E-state index contributed by atoms with van der Waals surface area (Å²) in [7, 11) is 1.91. The van der Waals surface area contributed by atoms with Crippen molar-refractivity contribution in [3.63, 3.8) is 0 Å². The Morgan fingerprint density at radius 1 is 1.67 bits per heavy atom. The highest BCUT2D eigenvalue weighted by Gasteiger charge is 1.91. The number of halogens is 1. The molecule has 0 rings (SSSR count). The zero-order valence-corrected chi connectivity index (χ0v) is 7.60. The first-order valence-electron chi connectivity index (χ1n) is 2.66. The van der Waals surface area contributed by atoms with Gasteiger partial charge in [0.25, 0.3) is 0 Å².